The lowest BCUT2D eigenvalue weighted by Crippen LogP contribution is -2.28. The van der Waals surface area contributed by atoms with Crippen molar-refractivity contribution in [2.45, 2.75) is 52.0 Å². The first kappa shape index (κ1) is 15.2. The van der Waals surface area contributed by atoms with E-state index >= 15 is 0 Å². The minimum Gasteiger partial charge on any atom is -0.381 e. The summed E-state index contributed by atoms with van der Waals surface area (Å²) in [7, 11) is 0. The average molecular weight is 345 g/mol. The highest BCUT2D eigenvalue weighted by Crippen LogP contribution is 2.33. The van der Waals surface area contributed by atoms with Crippen LogP contribution in [0.25, 0.3) is 0 Å². The van der Waals surface area contributed by atoms with Crippen molar-refractivity contribution in [3.05, 3.63) is 27.7 Å². The van der Waals surface area contributed by atoms with Crippen molar-refractivity contribution < 1.29 is 0 Å². The minimum atomic E-state index is 0.606. The quantitative estimate of drug-likeness (QED) is 0.694. The van der Waals surface area contributed by atoms with Crippen LogP contribution in [-0.2, 0) is 0 Å². The van der Waals surface area contributed by atoms with E-state index < -0.39 is 0 Å². The number of benzene rings is 1. The largest absolute Gasteiger partial charge is 0.381 e. The smallest absolute Gasteiger partial charge is 0.0487 e. The predicted octanol–water partition coefficient (Wildman–Crippen LogP) is 6.12. The average Bonchev–Trinajstić information content (AvgIpc) is 2.32. The highest BCUT2D eigenvalue weighted by Gasteiger charge is 2.22. The first-order chi connectivity index (χ1) is 9.04. The summed E-state index contributed by atoms with van der Waals surface area (Å²) in [5.41, 5.74) is 1.17. The Morgan fingerprint density at radius 3 is 2.84 bits per heavy atom. The van der Waals surface area contributed by atoms with Crippen LogP contribution in [0.5, 0.6) is 0 Å². The summed E-state index contributed by atoms with van der Waals surface area (Å²) in [6.07, 6.45) is 6.69. The van der Waals surface area contributed by atoms with E-state index in [-0.39, 0.29) is 0 Å². The number of hydrogen-bond donors (Lipinski definition) is 1. The van der Waals surface area contributed by atoms with Gasteiger partial charge in [0.2, 0.25) is 0 Å². The zero-order valence-corrected chi connectivity index (χ0v) is 14.1. The molecule has 0 aromatic heterocycles. The van der Waals surface area contributed by atoms with Gasteiger partial charge in [-0.2, -0.15) is 0 Å². The predicted molar refractivity (Wildman–Crippen MR) is 88.0 cm³/mol. The third-order valence-corrected chi connectivity index (χ3v) is 4.77. The van der Waals surface area contributed by atoms with Gasteiger partial charge in [-0.15, -0.1) is 0 Å². The molecule has 2 rings (SSSR count). The van der Waals surface area contributed by atoms with Crippen LogP contribution in [0.3, 0.4) is 0 Å². The summed E-state index contributed by atoms with van der Waals surface area (Å²) in [5.74, 6) is 1.70. The fraction of sp³-hybridized carbons (Fsp3) is 0.625. The van der Waals surface area contributed by atoms with Crippen molar-refractivity contribution in [2.75, 3.05) is 5.32 Å². The second-order valence-corrected chi connectivity index (χ2v) is 7.42. The van der Waals surface area contributed by atoms with Crippen LogP contribution in [0.4, 0.5) is 5.69 Å². The Morgan fingerprint density at radius 2 is 2.16 bits per heavy atom. The zero-order chi connectivity index (χ0) is 13.8. The van der Waals surface area contributed by atoms with Gasteiger partial charge in [0.05, 0.1) is 0 Å². The summed E-state index contributed by atoms with van der Waals surface area (Å²) >= 11 is 9.56. The van der Waals surface area contributed by atoms with E-state index in [2.05, 4.69) is 41.2 Å². The molecule has 0 aliphatic heterocycles. The van der Waals surface area contributed by atoms with Gasteiger partial charge in [0, 0.05) is 21.2 Å². The molecule has 19 heavy (non-hydrogen) atoms. The molecule has 1 fully saturated rings. The van der Waals surface area contributed by atoms with Gasteiger partial charge in [0.1, 0.15) is 0 Å². The molecule has 1 nitrogen and oxygen atoms in total. The summed E-state index contributed by atoms with van der Waals surface area (Å²) in [4.78, 5) is 0. The molecule has 2 unspecified atom stereocenters. The van der Waals surface area contributed by atoms with Crippen LogP contribution in [0.2, 0.25) is 5.02 Å². The number of anilines is 1. The standard InChI is InChI=1S/C16H23BrClN/c1-11(2)8-12-4-3-5-14(9-12)19-16-7-6-13(18)10-15(16)17/h6-7,10-12,14,19H,3-5,8-9H2,1-2H3. The second-order valence-electron chi connectivity index (χ2n) is 6.13. The summed E-state index contributed by atoms with van der Waals surface area (Å²) < 4.78 is 1.06. The molecule has 1 aliphatic rings. The molecule has 1 aromatic carbocycles. The maximum absolute atomic E-state index is 5.98. The maximum atomic E-state index is 5.98. The normalized spacial score (nSPS) is 23.6. The zero-order valence-electron chi connectivity index (χ0n) is 11.8. The lowest BCUT2D eigenvalue weighted by Gasteiger charge is -2.31. The number of nitrogens with one attached hydrogen (secondary N) is 1. The molecule has 0 heterocycles. The Bertz CT molecular complexity index is 419. The summed E-state index contributed by atoms with van der Waals surface area (Å²) in [5, 5.41) is 4.45. The topological polar surface area (TPSA) is 12.0 Å². The third-order valence-electron chi connectivity index (χ3n) is 3.88. The first-order valence-electron chi connectivity index (χ1n) is 7.26. The third kappa shape index (κ3) is 4.68. The molecule has 3 heteroatoms. The first-order valence-corrected chi connectivity index (χ1v) is 8.43. The Kier molecular flexibility index (Phi) is 5.58. The fourth-order valence-electron chi connectivity index (χ4n) is 3.13. The van der Waals surface area contributed by atoms with Gasteiger partial charge in [-0.05, 0) is 65.2 Å². The van der Waals surface area contributed by atoms with Crippen LogP contribution >= 0.6 is 27.5 Å². The van der Waals surface area contributed by atoms with Crippen molar-refractivity contribution in [1.29, 1.82) is 0 Å². The Labute approximate surface area is 130 Å². The van der Waals surface area contributed by atoms with Gasteiger partial charge in [-0.3, -0.25) is 0 Å². The van der Waals surface area contributed by atoms with Crippen LogP contribution in [0.1, 0.15) is 46.0 Å². The molecule has 0 spiro atoms. The van der Waals surface area contributed by atoms with Crippen LogP contribution in [0.15, 0.2) is 22.7 Å². The molecule has 2 atom stereocenters. The monoisotopic (exact) mass is 343 g/mol. The van der Waals surface area contributed by atoms with E-state index in [0.29, 0.717) is 6.04 Å². The molecule has 106 valence electrons. The molecular formula is C16H23BrClN. The van der Waals surface area contributed by atoms with Crippen LogP contribution in [0, 0.1) is 11.8 Å². The van der Waals surface area contributed by atoms with Gasteiger partial charge >= 0.3 is 0 Å². The lowest BCUT2D eigenvalue weighted by molar-refractivity contribution is 0.289. The molecule has 1 N–H and O–H groups in total. The van der Waals surface area contributed by atoms with E-state index in [4.69, 9.17) is 11.6 Å². The maximum Gasteiger partial charge on any atom is 0.0487 e. The van der Waals surface area contributed by atoms with Crippen molar-refractivity contribution in [3.8, 4) is 0 Å². The highest BCUT2D eigenvalue weighted by molar-refractivity contribution is 9.10. The number of rotatable bonds is 4. The Morgan fingerprint density at radius 1 is 1.37 bits per heavy atom. The minimum absolute atomic E-state index is 0.606. The summed E-state index contributed by atoms with van der Waals surface area (Å²) in [6, 6.07) is 6.58. The fourth-order valence-corrected chi connectivity index (χ4v) is 3.93. The van der Waals surface area contributed by atoms with Crippen LogP contribution in [-0.4, -0.2) is 6.04 Å². The molecule has 0 radical (unpaired) electrons. The van der Waals surface area contributed by atoms with E-state index in [1.165, 1.54) is 37.8 Å². The van der Waals surface area contributed by atoms with Crippen molar-refractivity contribution >= 4 is 33.2 Å². The Hall–Kier alpha value is -0.210. The van der Waals surface area contributed by atoms with Gasteiger partial charge in [0.15, 0.2) is 0 Å². The van der Waals surface area contributed by atoms with Crippen molar-refractivity contribution in [3.63, 3.8) is 0 Å². The van der Waals surface area contributed by atoms with E-state index in [0.717, 1.165) is 21.3 Å². The molecule has 0 bridgehead atoms. The highest BCUT2D eigenvalue weighted by atomic mass is 79.9. The van der Waals surface area contributed by atoms with Gasteiger partial charge in [-0.1, -0.05) is 38.3 Å². The molecule has 1 aromatic rings. The van der Waals surface area contributed by atoms with Gasteiger partial charge in [0.25, 0.3) is 0 Å². The second kappa shape index (κ2) is 6.99. The van der Waals surface area contributed by atoms with E-state index in [1.807, 2.05) is 12.1 Å². The lowest BCUT2D eigenvalue weighted by atomic mass is 9.81. The Balaban J connectivity index is 1.94. The number of hydrogen-bond acceptors (Lipinski definition) is 1. The molecular weight excluding hydrogens is 322 g/mol. The van der Waals surface area contributed by atoms with E-state index in [9.17, 15) is 0 Å². The molecule has 1 aliphatic carbocycles. The van der Waals surface area contributed by atoms with Crippen molar-refractivity contribution in [2.24, 2.45) is 11.8 Å². The molecule has 0 saturated heterocycles. The summed E-state index contributed by atoms with van der Waals surface area (Å²) in [6.45, 7) is 4.65. The van der Waals surface area contributed by atoms with Crippen molar-refractivity contribution in [1.82, 2.24) is 0 Å². The van der Waals surface area contributed by atoms with Crippen LogP contribution < -0.4 is 5.32 Å². The number of halogens is 2. The van der Waals surface area contributed by atoms with E-state index in [1.54, 1.807) is 0 Å². The molecule has 0 amide bonds. The van der Waals surface area contributed by atoms with Gasteiger partial charge in [-0.25, -0.2) is 0 Å². The SMILES string of the molecule is CC(C)CC1CCCC(Nc2ccc(Cl)cc2Br)C1. The molecule has 1 saturated carbocycles. The van der Waals surface area contributed by atoms with Gasteiger partial charge < -0.3 is 5.32 Å².